The Labute approximate surface area is 266 Å². The Bertz CT molecular complexity index is 1350. The number of phenols is 1. The average Bonchev–Trinajstić information content (AvgIpc) is 3.80. The Balaban J connectivity index is 1.29. The second-order valence-corrected chi connectivity index (χ2v) is 12.9. The number of hydrogen-bond acceptors (Lipinski definition) is 7. The summed E-state index contributed by atoms with van der Waals surface area (Å²) >= 11 is 1.97. The number of thioether (sulfide) groups is 1. The maximum Gasteiger partial charge on any atom is 0.306 e. The summed E-state index contributed by atoms with van der Waals surface area (Å²) in [5.41, 5.74) is 3.58. The van der Waals surface area contributed by atoms with Crippen LogP contribution in [0, 0.1) is 5.41 Å². The van der Waals surface area contributed by atoms with Gasteiger partial charge in [0.1, 0.15) is 17.2 Å². The van der Waals surface area contributed by atoms with Crippen molar-refractivity contribution in [3.05, 3.63) is 89.0 Å². The monoisotopic (exact) mass is 618 g/mol. The highest BCUT2D eigenvalue weighted by molar-refractivity contribution is 7.99. The zero-order valence-electron chi connectivity index (χ0n) is 26.3. The number of methoxy groups -OCH3 is 1. The van der Waals surface area contributed by atoms with Crippen LogP contribution in [-0.2, 0) is 22.4 Å². The number of unbranched alkanes of at least 4 members (excludes halogenated alkanes) is 1. The second-order valence-electron chi connectivity index (χ2n) is 11.7. The van der Waals surface area contributed by atoms with Crippen LogP contribution < -0.4 is 9.47 Å². The number of esters is 1. The van der Waals surface area contributed by atoms with Gasteiger partial charge in [0, 0.05) is 17.2 Å². The number of carbonyl (C=O) groups is 2. The third-order valence-corrected chi connectivity index (χ3v) is 9.91. The largest absolute Gasteiger partial charge is 0.507 e. The number of aryl methyl sites for hydroxylation is 1. The zero-order valence-corrected chi connectivity index (χ0v) is 27.1. The smallest absolute Gasteiger partial charge is 0.306 e. The molecule has 0 spiro atoms. The van der Waals surface area contributed by atoms with E-state index >= 15 is 0 Å². The Kier molecular flexibility index (Phi) is 12.6. The van der Waals surface area contributed by atoms with Crippen molar-refractivity contribution in [3.8, 4) is 17.2 Å². The van der Waals surface area contributed by atoms with Crippen LogP contribution in [0.3, 0.4) is 0 Å². The molecule has 1 atom stereocenters. The quantitative estimate of drug-likeness (QED) is 0.0819. The Morgan fingerprint density at radius 3 is 2.30 bits per heavy atom. The van der Waals surface area contributed by atoms with Crippen LogP contribution >= 0.6 is 11.8 Å². The van der Waals surface area contributed by atoms with E-state index in [1.807, 2.05) is 30.8 Å². The van der Waals surface area contributed by atoms with E-state index in [-0.39, 0.29) is 28.2 Å². The van der Waals surface area contributed by atoms with Crippen molar-refractivity contribution in [3.63, 3.8) is 0 Å². The van der Waals surface area contributed by atoms with Crippen molar-refractivity contribution in [1.29, 1.82) is 0 Å². The molecule has 3 aromatic carbocycles. The van der Waals surface area contributed by atoms with Crippen molar-refractivity contribution < 1.29 is 28.9 Å². The van der Waals surface area contributed by atoms with Gasteiger partial charge in [-0.1, -0.05) is 55.8 Å². The maximum atomic E-state index is 12.3. The van der Waals surface area contributed by atoms with Gasteiger partial charge in [0.05, 0.1) is 32.3 Å². The van der Waals surface area contributed by atoms with Crippen molar-refractivity contribution in [2.24, 2.45) is 5.41 Å². The lowest BCUT2D eigenvalue weighted by atomic mass is 9.92. The summed E-state index contributed by atoms with van der Waals surface area (Å²) < 4.78 is 17.0. The highest BCUT2D eigenvalue weighted by atomic mass is 32.2. The first kappa shape index (κ1) is 33.4. The second kappa shape index (κ2) is 16.6. The Morgan fingerprint density at radius 2 is 1.64 bits per heavy atom. The minimum absolute atomic E-state index is 0.0244. The molecule has 1 aliphatic carbocycles. The molecule has 0 bridgehead atoms. The van der Waals surface area contributed by atoms with E-state index in [9.17, 15) is 14.7 Å². The van der Waals surface area contributed by atoms with E-state index in [4.69, 9.17) is 14.2 Å². The van der Waals surface area contributed by atoms with E-state index < -0.39 is 0 Å². The van der Waals surface area contributed by atoms with Gasteiger partial charge >= 0.3 is 5.97 Å². The summed E-state index contributed by atoms with van der Waals surface area (Å²) in [5, 5.41) is 10.8. The minimum Gasteiger partial charge on any atom is -0.507 e. The summed E-state index contributed by atoms with van der Waals surface area (Å²) in [6.45, 7) is 4.41. The Hall–Kier alpha value is -3.45. The molecule has 44 heavy (non-hydrogen) atoms. The molecule has 0 radical (unpaired) electrons. The highest BCUT2D eigenvalue weighted by Crippen LogP contribution is 2.63. The first-order valence-electron chi connectivity index (χ1n) is 15.8. The minimum atomic E-state index is -0.162. The van der Waals surface area contributed by atoms with Crippen LogP contribution in [0.5, 0.6) is 17.2 Å². The van der Waals surface area contributed by atoms with E-state index in [2.05, 4.69) is 42.5 Å². The topological polar surface area (TPSA) is 82.1 Å². The van der Waals surface area contributed by atoms with Gasteiger partial charge in [-0.15, -0.1) is 0 Å². The van der Waals surface area contributed by atoms with E-state index in [0.29, 0.717) is 49.4 Å². The Morgan fingerprint density at radius 1 is 0.909 bits per heavy atom. The number of aromatic hydroxyl groups is 1. The molecular weight excluding hydrogens is 572 g/mol. The molecule has 1 fully saturated rings. The molecule has 0 saturated heterocycles. The molecule has 0 heterocycles. The van der Waals surface area contributed by atoms with Gasteiger partial charge in [-0.05, 0) is 92.0 Å². The number of hydrogen-bond donors (Lipinski definition) is 1. The molecule has 4 rings (SSSR count). The molecule has 0 amide bonds. The molecule has 3 aromatic rings. The molecule has 236 valence electrons. The van der Waals surface area contributed by atoms with Crippen LogP contribution in [0.25, 0.3) is 0 Å². The molecule has 0 aromatic heterocycles. The van der Waals surface area contributed by atoms with Gasteiger partial charge in [0.15, 0.2) is 5.78 Å². The third-order valence-electron chi connectivity index (χ3n) is 8.28. The standard InChI is InChI=1S/C37H46O6S/c1-4-11-32-33(20-19-31(27(2)38)35(32)40)43-24-10-23-42-30-17-15-29(16-18-30)36(37(21-22-37)26-34(39)41-3)44-25-9-8-14-28-12-6-5-7-13-28/h5-7,12-13,15-20,36,40H,4,8-11,14,21-26H2,1-3H3. The van der Waals surface area contributed by atoms with E-state index in [1.165, 1.54) is 25.2 Å². The van der Waals surface area contributed by atoms with Crippen LogP contribution in [0.1, 0.15) is 91.1 Å². The van der Waals surface area contributed by atoms with Crippen molar-refractivity contribution in [2.75, 3.05) is 26.1 Å². The van der Waals surface area contributed by atoms with Gasteiger partial charge in [-0.3, -0.25) is 9.59 Å². The molecular formula is C37H46O6S. The number of phenolic OH excluding ortho intramolecular Hbond substituents is 1. The fraction of sp³-hybridized carbons (Fsp3) is 0.459. The van der Waals surface area contributed by atoms with Crippen LogP contribution in [0.15, 0.2) is 66.7 Å². The molecule has 0 aliphatic heterocycles. The predicted molar refractivity (Wildman–Crippen MR) is 177 cm³/mol. The lowest BCUT2D eigenvalue weighted by molar-refractivity contribution is -0.142. The van der Waals surface area contributed by atoms with Gasteiger partial charge < -0.3 is 19.3 Å². The molecule has 1 saturated carbocycles. The zero-order chi connectivity index (χ0) is 31.4. The summed E-state index contributed by atoms with van der Waals surface area (Å²) in [6, 6.07) is 22.3. The van der Waals surface area contributed by atoms with Crippen molar-refractivity contribution in [1.82, 2.24) is 0 Å². The summed E-state index contributed by atoms with van der Waals surface area (Å²) in [6.07, 6.45) is 8.05. The van der Waals surface area contributed by atoms with Gasteiger partial charge in [-0.2, -0.15) is 11.8 Å². The molecule has 1 aliphatic rings. The first-order chi connectivity index (χ1) is 21.4. The lowest BCUT2D eigenvalue weighted by Crippen LogP contribution is -2.18. The number of ether oxygens (including phenoxy) is 3. The molecule has 1 unspecified atom stereocenters. The fourth-order valence-corrected chi connectivity index (χ4v) is 7.28. The maximum absolute atomic E-state index is 12.3. The van der Waals surface area contributed by atoms with E-state index in [0.717, 1.165) is 50.0 Å². The van der Waals surface area contributed by atoms with Crippen molar-refractivity contribution >= 4 is 23.5 Å². The SMILES string of the molecule is CCCc1c(OCCCOc2ccc(C(SCCCCc3ccccc3)C3(CC(=O)OC)CC3)cc2)ccc(C(C)=O)c1O. The highest BCUT2D eigenvalue weighted by Gasteiger charge is 2.51. The summed E-state index contributed by atoms with van der Waals surface area (Å²) in [5.74, 6) is 2.19. The first-order valence-corrected chi connectivity index (χ1v) is 16.9. The van der Waals surface area contributed by atoms with Crippen LogP contribution in [0.4, 0.5) is 0 Å². The number of benzene rings is 3. The fourth-order valence-electron chi connectivity index (χ4n) is 5.65. The van der Waals surface area contributed by atoms with Crippen molar-refractivity contribution in [2.45, 2.75) is 76.9 Å². The molecule has 1 N–H and O–H groups in total. The third kappa shape index (κ3) is 9.28. The van der Waals surface area contributed by atoms with Crippen LogP contribution in [0.2, 0.25) is 0 Å². The summed E-state index contributed by atoms with van der Waals surface area (Å²) in [4.78, 5) is 24.1. The molecule has 7 heteroatoms. The van der Waals surface area contributed by atoms with Gasteiger partial charge in [0.25, 0.3) is 0 Å². The number of carbonyl (C=O) groups excluding carboxylic acids is 2. The summed E-state index contributed by atoms with van der Waals surface area (Å²) in [7, 11) is 1.47. The average molecular weight is 619 g/mol. The predicted octanol–water partition coefficient (Wildman–Crippen LogP) is 8.54. The lowest BCUT2D eigenvalue weighted by Gasteiger charge is -2.26. The molecule has 6 nitrogen and oxygen atoms in total. The van der Waals surface area contributed by atoms with Gasteiger partial charge in [-0.25, -0.2) is 0 Å². The van der Waals surface area contributed by atoms with Crippen LogP contribution in [-0.4, -0.2) is 42.9 Å². The van der Waals surface area contributed by atoms with E-state index in [1.54, 1.807) is 12.1 Å². The number of ketones is 1. The normalized spacial score (nSPS) is 14.1. The van der Waals surface area contributed by atoms with Gasteiger partial charge in [0.2, 0.25) is 0 Å². The number of rotatable bonds is 19. The number of Topliss-reactive ketones (excluding diaryl/α,β-unsaturated/α-hetero) is 1.